The molecule has 2 amide bonds. The highest BCUT2D eigenvalue weighted by Crippen LogP contribution is 2.33. The first-order chi connectivity index (χ1) is 14.0. The lowest BCUT2D eigenvalue weighted by Gasteiger charge is -2.39. The molecule has 0 spiro atoms. The number of nitrogens with zero attached hydrogens (tertiary/aromatic N) is 1. The zero-order valence-electron chi connectivity index (χ0n) is 17.0. The number of carbonyl (C=O) groups is 2. The van der Waals surface area contributed by atoms with E-state index in [1.54, 1.807) is 23.1 Å². The number of benzene rings is 2. The van der Waals surface area contributed by atoms with Crippen LogP contribution in [0.4, 0.5) is 10.1 Å². The van der Waals surface area contributed by atoms with Crippen molar-refractivity contribution in [3.8, 4) is 0 Å². The first kappa shape index (κ1) is 22.2. The van der Waals surface area contributed by atoms with Gasteiger partial charge in [0.25, 0.3) is 5.91 Å². The number of nitrogens with one attached hydrogen (secondary N) is 2. The van der Waals surface area contributed by atoms with Crippen molar-refractivity contribution in [2.75, 3.05) is 25.0 Å². The second-order valence-corrected chi connectivity index (χ2v) is 8.20. The van der Waals surface area contributed by atoms with Crippen molar-refractivity contribution in [1.29, 1.82) is 0 Å². The van der Waals surface area contributed by atoms with Gasteiger partial charge in [0.05, 0.1) is 11.1 Å². The molecule has 1 saturated heterocycles. The largest absolute Gasteiger partial charge is 0.338 e. The summed E-state index contributed by atoms with van der Waals surface area (Å²) in [5, 5.41) is 6.02. The van der Waals surface area contributed by atoms with Crippen LogP contribution < -0.4 is 10.6 Å². The molecule has 2 aliphatic heterocycles. The molecule has 4 rings (SSSR count). The van der Waals surface area contributed by atoms with Crippen LogP contribution >= 0.6 is 12.4 Å². The number of hydrogen-bond donors (Lipinski definition) is 2. The Morgan fingerprint density at radius 2 is 1.93 bits per heavy atom. The lowest BCUT2D eigenvalue weighted by Crippen LogP contribution is -2.50. The molecule has 0 aliphatic carbocycles. The molecule has 2 aromatic carbocycles. The van der Waals surface area contributed by atoms with Crippen LogP contribution in [0.15, 0.2) is 42.5 Å². The van der Waals surface area contributed by atoms with Gasteiger partial charge >= 0.3 is 0 Å². The molecule has 1 unspecified atom stereocenters. The summed E-state index contributed by atoms with van der Waals surface area (Å²) in [6, 6.07) is 12.6. The molecule has 2 heterocycles. The zero-order valence-corrected chi connectivity index (χ0v) is 17.9. The fourth-order valence-corrected chi connectivity index (χ4v) is 4.26. The van der Waals surface area contributed by atoms with Gasteiger partial charge in [0.2, 0.25) is 5.91 Å². The average Bonchev–Trinajstić information content (AvgIpc) is 2.76. The Kier molecular flexibility index (Phi) is 6.78. The Morgan fingerprint density at radius 1 is 1.17 bits per heavy atom. The van der Waals surface area contributed by atoms with Gasteiger partial charge in [0.1, 0.15) is 5.82 Å². The highest BCUT2D eigenvalue weighted by Gasteiger charge is 2.40. The molecule has 0 aromatic heterocycles. The Balaban J connectivity index is 0.00000256. The van der Waals surface area contributed by atoms with E-state index in [1.165, 1.54) is 0 Å². The van der Waals surface area contributed by atoms with Crippen LogP contribution in [-0.2, 0) is 17.8 Å². The van der Waals surface area contributed by atoms with E-state index in [0.29, 0.717) is 43.6 Å². The monoisotopic (exact) mass is 431 g/mol. The summed E-state index contributed by atoms with van der Waals surface area (Å²) in [6.07, 6.45) is 2.01. The van der Waals surface area contributed by atoms with E-state index in [9.17, 15) is 14.0 Å². The number of likely N-dealkylation sites (tertiary alicyclic amines) is 1. The van der Waals surface area contributed by atoms with Crippen molar-refractivity contribution in [2.24, 2.45) is 5.41 Å². The maximum Gasteiger partial charge on any atom is 0.253 e. The second-order valence-electron chi connectivity index (χ2n) is 8.20. The summed E-state index contributed by atoms with van der Waals surface area (Å²) in [6.45, 7) is 4.18. The summed E-state index contributed by atoms with van der Waals surface area (Å²) in [5.41, 5.74) is 1.70. The highest BCUT2D eigenvalue weighted by atomic mass is 35.5. The highest BCUT2D eigenvalue weighted by molar-refractivity contribution is 5.98. The summed E-state index contributed by atoms with van der Waals surface area (Å²) in [7, 11) is 0. The zero-order chi connectivity index (χ0) is 20.4. The predicted octanol–water partition coefficient (Wildman–Crippen LogP) is 3.77. The van der Waals surface area contributed by atoms with E-state index in [1.807, 2.05) is 31.2 Å². The number of anilines is 1. The number of amides is 2. The molecule has 1 atom stereocenters. The average molecular weight is 432 g/mol. The minimum Gasteiger partial charge on any atom is -0.338 e. The predicted molar refractivity (Wildman–Crippen MR) is 117 cm³/mol. The summed E-state index contributed by atoms with van der Waals surface area (Å²) >= 11 is 0. The number of rotatable bonds is 3. The third-order valence-corrected chi connectivity index (χ3v) is 6.01. The standard InChI is InChI=1S/C23H26FN3O2.ClH/c1-23(11-5-13-27(15-23)21(28)16-6-3-2-4-7-16)22(29)26-19-9-8-17-14-25-12-10-18(17)20(19)24;/h2-4,6-9,25H,5,10-15H2,1H3,(H,26,29);1H. The van der Waals surface area contributed by atoms with Crippen molar-refractivity contribution in [2.45, 2.75) is 32.7 Å². The second kappa shape index (κ2) is 9.14. The maximum absolute atomic E-state index is 14.9. The Labute approximate surface area is 182 Å². The smallest absolute Gasteiger partial charge is 0.253 e. The van der Waals surface area contributed by atoms with Crippen LogP contribution in [0.2, 0.25) is 0 Å². The van der Waals surface area contributed by atoms with Gasteiger partial charge in [-0.2, -0.15) is 0 Å². The molecule has 1 fully saturated rings. The molecule has 0 bridgehead atoms. The van der Waals surface area contributed by atoms with Gasteiger partial charge in [-0.25, -0.2) is 4.39 Å². The topological polar surface area (TPSA) is 61.4 Å². The van der Waals surface area contributed by atoms with Crippen LogP contribution in [0, 0.1) is 11.2 Å². The number of halogens is 2. The maximum atomic E-state index is 14.9. The molecule has 0 radical (unpaired) electrons. The molecular weight excluding hydrogens is 405 g/mol. The van der Waals surface area contributed by atoms with Crippen LogP contribution in [0.25, 0.3) is 0 Å². The SMILES string of the molecule is CC1(C(=O)Nc2ccc3c(c2F)CCNC3)CCCN(C(=O)c2ccccc2)C1.Cl. The number of fused-ring (bicyclic) bond motifs is 1. The van der Waals surface area contributed by atoms with Crippen molar-refractivity contribution < 1.29 is 14.0 Å². The molecule has 160 valence electrons. The van der Waals surface area contributed by atoms with Gasteiger partial charge in [-0.3, -0.25) is 9.59 Å². The molecule has 5 nitrogen and oxygen atoms in total. The third-order valence-electron chi connectivity index (χ3n) is 6.01. The quantitative estimate of drug-likeness (QED) is 0.777. The molecule has 7 heteroatoms. The number of hydrogen-bond acceptors (Lipinski definition) is 3. The Hall–Kier alpha value is -2.44. The van der Waals surface area contributed by atoms with Gasteiger partial charge in [-0.15, -0.1) is 12.4 Å². The normalized spacial score (nSPS) is 20.7. The van der Waals surface area contributed by atoms with Gasteiger partial charge in [0, 0.05) is 25.2 Å². The Morgan fingerprint density at radius 3 is 2.70 bits per heavy atom. The van der Waals surface area contributed by atoms with Gasteiger partial charge in [0.15, 0.2) is 0 Å². The summed E-state index contributed by atoms with van der Waals surface area (Å²) in [4.78, 5) is 27.6. The van der Waals surface area contributed by atoms with E-state index < -0.39 is 5.41 Å². The number of piperidine rings is 1. The molecule has 30 heavy (non-hydrogen) atoms. The van der Waals surface area contributed by atoms with E-state index in [0.717, 1.165) is 18.5 Å². The van der Waals surface area contributed by atoms with Gasteiger partial charge < -0.3 is 15.5 Å². The third kappa shape index (κ3) is 4.35. The first-order valence-corrected chi connectivity index (χ1v) is 10.1. The molecular formula is C23H27ClFN3O2. The molecule has 2 aliphatic rings. The van der Waals surface area contributed by atoms with Crippen LogP contribution in [0.3, 0.4) is 0 Å². The van der Waals surface area contributed by atoms with E-state index in [-0.39, 0.29) is 35.7 Å². The van der Waals surface area contributed by atoms with E-state index >= 15 is 0 Å². The fourth-order valence-electron chi connectivity index (χ4n) is 4.26. The first-order valence-electron chi connectivity index (χ1n) is 10.1. The van der Waals surface area contributed by atoms with Crippen molar-refractivity contribution in [1.82, 2.24) is 10.2 Å². The van der Waals surface area contributed by atoms with Gasteiger partial charge in [-0.05, 0) is 62.1 Å². The molecule has 2 aromatic rings. The lowest BCUT2D eigenvalue weighted by molar-refractivity contribution is -0.127. The molecule has 2 N–H and O–H groups in total. The summed E-state index contributed by atoms with van der Waals surface area (Å²) in [5.74, 6) is -0.651. The van der Waals surface area contributed by atoms with Crippen molar-refractivity contribution >= 4 is 29.9 Å². The Bertz CT molecular complexity index is 938. The fraction of sp³-hybridized carbons (Fsp3) is 0.391. The number of carbonyl (C=O) groups excluding carboxylic acids is 2. The van der Waals surface area contributed by atoms with E-state index in [4.69, 9.17) is 0 Å². The van der Waals surface area contributed by atoms with Crippen LogP contribution in [0.5, 0.6) is 0 Å². The van der Waals surface area contributed by atoms with Gasteiger partial charge in [-0.1, -0.05) is 24.3 Å². The molecule has 0 saturated carbocycles. The summed E-state index contributed by atoms with van der Waals surface area (Å²) < 4.78 is 14.9. The van der Waals surface area contributed by atoms with Crippen LogP contribution in [-0.4, -0.2) is 36.3 Å². The van der Waals surface area contributed by atoms with Crippen LogP contribution in [0.1, 0.15) is 41.3 Å². The minimum atomic E-state index is -0.757. The minimum absolute atomic E-state index is 0. The van der Waals surface area contributed by atoms with E-state index in [2.05, 4.69) is 10.6 Å². The lowest BCUT2D eigenvalue weighted by atomic mass is 9.80. The van der Waals surface area contributed by atoms with Crippen molar-refractivity contribution in [3.05, 3.63) is 65.0 Å². The van der Waals surface area contributed by atoms with Crippen molar-refractivity contribution in [3.63, 3.8) is 0 Å².